The Morgan fingerprint density at radius 2 is 1.90 bits per heavy atom. The summed E-state index contributed by atoms with van der Waals surface area (Å²) in [6, 6.07) is 13.3. The first-order valence-corrected chi connectivity index (χ1v) is 7.13. The molecule has 106 valence electrons. The number of rotatable bonds is 5. The van der Waals surface area contributed by atoms with Crippen LogP contribution in [0.15, 0.2) is 46.9 Å². The van der Waals surface area contributed by atoms with Crippen molar-refractivity contribution in [3.8, 4) is 11.5 Å². The van der Waals surface area contributed by atoms with E-state index in [1.807, 2.05) is 42.5 Å². The first-order valence-electron chi connectivity index (χ1n) is 6.34. The molecule has 3 nitrogen and oxygen atoms in total. The molecule has 0 fully saturated rings. The van der Waals surface area contributed by atoms with Crippen molar-refractivity contribution in [2.45, 2.75) is 19.6 Å². The molecular weight excluding hydrogens is 320 g/mol. The maximum absolute atomic E-state index is 9.73. The van der Waals surface area contributed by atoms with Crippen molar-refractivity contribution >= 4 is 15.9 Å². The molecule has 2 aromatic rings. The fraction of sp³-hybridized carbons (Fsp3) is 0.250. The highest BCUT2D eigenvalue weighted by atomic mass is 79.9. The summed E-state index contributed by atoms with van der Waals surface area (Å²) in [5, 5.41) is 9.73. The average Bonchev–Trinajstić information content (AvgIpc) is 2.45. The van der Waals surface area contributed by atoms with Crippen LogP contribution in [0, 0.1) is 0 Å². The number of aliphatic hydroxyl groups is 1. The number of hydrogen-bond acceptors (Lipinski definition) is 3. The van der Waals surface area contributed by atoms with Crippen molar-refractivity contribution in [1.82, 2.24) is 0 Å². The van der Waals surface area contributed by atoms with Gasteiger partial charge in [0, 0.05) is 15.6 Å². The van der Waals surface area contributed by atoms with Crippen molar-refractivity contribution in [3.63, 3.8) is 0 Å². The quantitative estimate of drug-likeness (QED) is 0.893. The Morgan fingerprint density at radius 1 is 1.15 bits per heavy atom. The molecule has 0 aliphatic heterocycles. The van der Waals surface area contributed by atoms with E-state index in [0.717, 1.165) is 21.3 Å². The zero-order chi connectivity index (χ0) is 14.5. The Labute approximate surface area is 127 Å². The largest absolute Gasteiger partial charge is 0.496 e. The molecule has 4 heteroatoms. The number of halogens is 1. The van der Waals surface area contributed by atoms with Crippen molar-refractivity contribution < 1.29 is 14.6 Å². The highest BCUT2D eigenvalue weighted by molar-refractivity contribution is 9.10. The molecule has 0 saturated heterocycles. The van der Waals surface area contributed by atoms with Gasteiger partial charge in [0.1, 0.15) is 18.1 Å². The molecule has 0 radical (unpaired) electrons. The SMILES string of the molecule is COc1ccc(Br)cc1COc1ccccc1C(C)O. The Morgan fingerprint density at radius 3 is 2.60 bits per heavy atom. The summed E-state index contributed by atoms with van der Waals surface area (Å²) < 4.78 is 12.1. The molecule has 0 spiro atoms. The smallest absolute Gasteiger partial charge is 0.125 e. The number of aliphatic hydroxyl groups excluding tert-OH is 1. The molecule has 0 saturated carbocycles. The van der Waals surface area contributed by atoms with Crippen LogP contribution in [0.4, 0.5) is 0 Å². The first-order chi connectivity index (χ1) is 9.61. The van der Waals surface area contributed by atoms with Crippen molar-refractivity contribution in [1.29, 1.82) is 0 Å². The van der Waals surface area contributed by atoms with E-state index in [1.54, 1.807) is 14.0 Å². The second-order valence-electron chi connectivity index (χ2n) is 4.46. The molecule has 0 amide bonds. The average molecular weight is 337 g/mol. The lowest BCUT2D eigenvalue weighted by Crippen LogP contribution is -2.02. The van der Waals surface area contributed by atoms with E-state index >= 15 is 0 Å². The van der Waals surface area contributed by atoms with Gasteiger partial charge in [-0.25, -0.2) is 0 Å². The predicted octanol–water partition coefficient (Wildman–Crippen LogP) is 4.09. The van der Waals surface area contributed by atoms with Crippen LogP contribution < -0.4 is 9.47 Å². The van der Waals surface area contributed by atoms with E-state index in [0.29, 0.717) is 12.4 Å². The van der Waals surface area contributed by atoms with E-state index in [-0.39, 0.29) is 0 Å². The number of ether oxygens (including phenoxy) is 2. The van der Waals surface area contributed by atoms with E-state index < -0.39 is 6.10 Å². The van der Waals surface area contributed by atoms with Crippen LogP contribution in [0.25, 0.3) is 0 Å². The summed E-state index contributed by atoms with van der Waals surface area (Å²) in [5.41, 5.74) is 1.73. The molecular formula is C16H17BrO3. The third-order valence-corrected chi connectivity index (χ3v) is 3.49. The third-order valence-electron chi connectivity index (χ3n) is 2.99. The normalized spacial score (nSPS) is 12.0. The van der Waals surface area contributed by atoms with Crippen LogP contribution in [0.5, 0.6) is 11.5 Å². The molecule has 0 heterocycles. The second-order valence-corrected chi connectivity index (χ2v) is 5.37. The summed E-state index contributed by atoms with van der Waals surface area (Å²) in [5.74, 6) is 1.47. The van der Waals surface area contributed by atoms with Gasteiger partial charge in [-0.15, -0.1) is 0 Å². The molecule has 0 aromatic heterocycles. The molecule has 1 N–H and O–H groups in total. The maximum atomic E-state index is 9.73. The summed E-state index contributed by atoms with van der Waals surface area (Å²) in [6.45, 7) is 2.11. The van der Waals surface area contributed by atoms with Gasteiger partial charge in [0.05, 0.1) is 13.2 Å². The fourth-order valence-corrected chi connectivity index (χ4v) is 2.38. The number of methoxy groups -OCH3 is 1. The summed E-state index contributed by atoms with van der Waals surface area (Å²) in [6.07, 6.45) is -0.560. The lowest BCUT2D eigenvalue weighted by Gasteiger charge is -2.15. The molecule has 2 rings (SSSR count). The van der Waals surface area contributed by atoms with Crippen LogP contribution >= 0.6 is 15.9 Å². The maximum Gasteiger partial charge on any atom is 0.125 e. The van der Waals surface area contributed by atoms with Gasteiger partial charge in [0.15, 0.2) is 0 Å². The lowest BCUT2D eigenvalue weighted by atomic mass is 10.1. The van der Waals surface area contributed by atoms with Gasteiger partial charge in [-0.3, -0.25) is 0 Å². The summed E-state index contributed by atoms with van der Waals surface area (Å²) in [7, 11) is 1.64. The number of hydrogen-bond donors (Lipinski definition) is 1. The highest BCUT2D eigenvalue weighted by Gasteiger charge is 2.10. The van der Waals surface area contributed by atoms with Crippen LogP contribution in [0.2, 0.25) is 0 Å². The monoisotopic (exact) mass is 336 g/mol. The van der Waals surface area contributed by atoms with Gasteiger partial charge in [-0.05, 0) is 31.2 Å². The standard InChI is InChI=1S/C16H17BrO3/c1-11(18)14-5-3-4-6-16(14)20-10-12-9-13(17)7-8-15(12)19-2/h3-9,11,18H,10H2,1-2H3. The van der Waals surface area contributed by atoms with Crippen molar-refractivity contribution in [3.05, 3.63) is 58.1 Å². The Balaban J connectivity index is 2.19. The summed E-state index contributed by atoms with van der Waals surface area (Å²) in [4.78, 5) is 0. The van der Waals surface area contributed by atoms with Crippen LogP contribution in [0.1, 0.15) is 24.2 Å². The third kappa shape index (κ3) is 3.52. The predicted molar refractivity (Wildman–Crippen MR) is 82.1 cm³/mol. The van der Waals surface area contributed by atoms with Gasteiger partial charge in [-0.2, -0.15) is 0 Å². The van der Waals surface area contributed by atoms with E-state index in [4.69, 9.17) is 9.47 Å². The Bertz CT molecular complexity index is 582. The number of benzene rings is 2. The molecule has 2 aromatic carbocycles. The van der Waals surface area contributed by atoms with Crippen molar-refractivity contribution in [2.24, 2.45) is 0 Å². The zero-order valence-electron chi connectivity index (χ0n) is 11.5. The molecule has 1 atom stereocenters. The second kappa shape index (κ2) is 6.77. The summed E-state index contributed by atoms with van der Waals surface area (Å²) >= 11 is 3.44. The van der Waals surface area contributed by atoms with Gasteiger partial charge in [0.25, 0.3) is 0 Å². The van der Waals surface area contributed by atoms with Gasteiger partial charge in [0.2, 0.25) is 0 Å². The number of para-hydroxylation sites is 1. The van der Waals surface area contributed by atoms with Crippen molar-refractivity contribution in [2.75, 3.05) is 7.11 Å². The topological polar surface area (TPSA) is 38.7 Å². The molecule has 0 bridgehead atoms. The molecule has 0 aliphatic carbocycles. The zero-order valence-corrected chi connectivity index (χ0v) is 13.1. The van der Waals surface area contributed by atoms with Gasteiger partial charge in [-0.1, -0.05) is 34.1 Å². The molecule has 0 aliphatic rings. The van der Waals surface area contributed by atoms with Crippen LogP contribution in [-0.2, 0) is 6.61 Å². The van der Waals surface area contributed by atoms with E-state index in [2.05, 4.69) is 15.9 Å². The van der Waals surface area contributed by atoms with Gasteiger partial charge >= 0.3 is 0 Å². The van der Waals surface area contributed by atoms with Crippen LogP contribution in [-0.4, -0.2) is 12.2 Å². The van der Waals surface area contributed by atoms with E-state index in [1.165, 1.54) is 0 Å². The lowest BCUT2D eigenvalue weighted by molar-refractivity contribution is 0.190. The minimum Gasteiger partial charge on any atom is -0.496 e. The Hall–Kier alpha value is -1.52. The van der Waals surface area contributed by atoms with Crippen LogP contribution in [0.3, 0.4) is 0 Å². The fourth-order valence-electron chi connectivity index (χ4n) is 1.97. The highest BCUT2D eigenvalue weighted by Crippen LogP contribution is 2.28. The minimum atomic E-state index is -0.560. The van der Waals surface area contributed by atoms with Gasteiger partial charge < -0.3 is 14.6 Å². The molecule has 1 unspecified atom stereocenters. The van der Waals surface area contributed by atoms with E-state index in [9.17, 15) is 5.11 Å². The molecule has 20 heavy (non-hydrogen) atoms. The minimum absolute atomic E-state index is 0.381. The Kier molecular flexibility index (Phi) is 5.04. The first kappa shape index (κ1) is 14.9.